The molecular weight excluding hydrogens is 384 g/mol. The van der Waals surface area contributed by atoms with Gasteiger partial charge in [0.1, 0.15) is 17.8 Å². The van der Waals surface area contributed by atoms with Crippen molar-refractivity contribution in [2.45, 2.75) is 56.7 Å². The Morgan fingerprint density at radius 1 is 1.03 bits per heavy atom. The van der Waals surface area contributed by atoms with E-state index in [1.165, 1.54) is 6.20 Å². The van der Waals surface area contributed by atoms with E-state index in [1.807, 2.05) is 0 Å². The molecular formula is C18H29N4O7-. The molecule has 1 heterocycles. The normalized spacial score (nSPS) is 17.5. The fourth-order valence-electron chi connectivity index (χ4n) is 3.00. The molecule has 0 aromatic rings. The maximum atomic E-state index is 11.1. The number of nitrogens with zero attached hydrogens (tertiary/aromatic N) is 1. The summed E-state index contributed by atoms with van der Waals surface area (Å²) in [4.78, 5) is 34.4. The van der Waals surface area contributed by atoms with Crippen LogP contribution in [0.15, 0.2) is 23.1 Å². The van der Waals surface area contributed by atoms with Crippen LogP contribution in [0.2, 0.25) is 0 Å². The molecule has 0 aliphatic carbocycles. The zero-order valence-corrected chi connectivity index (χ0v) is 16.1. The van der Waals surface area contributed by atoms with E-state index in [2.05, 4.69) is 0 Å². The van der Waals surface area contributed by atoms with Gasteiger partial charge < -0.3 is 47.3 Å². The van der Waals surface area contributed by atoms with Gasteiger partial charge in [0.25, 0.3) is 0 Å². The van der Waals surface area contributed by atoms with Crippen LogP contribution in [-0.2, 0) is 14.4 Å². The number of allylic oxidation sites excluding steroid dienone is 1. The van der Waals surface area contributed by atoms with Gasteiger partial charge in [-0.05, 0) is 43.3 Å². The minimum absolute atomic E-state index is 0.0936. The molecule has 0 unspecified atom stereocenters. The maximum absolute atomic E-state index is 11.1. The molecule has 1 aliphatic rings. The molecule has 11 nitrogen and oxygen atoms in total. The van der Waals surface area contributed by atoms with E-state index in [4.69, 9.17) is 27.4 Å². The Hall–Kier alpha value is -2.63. The van der Waals surface area contributed by atoms with Crippen LogP contribution in [0.1, 0.15) is 38.5 Å². The summed E-state index contributed by atoms with van der Waals surface area (Å²) >= 11 is 0. The third-order valence-electron chi connectivity index (χ3n) is 4.76. The van der Waals surface area contributed by atoms with Crippen LogP contribution in [0, 0.1) is 0 Å². The van der Waals surface area contributed by atoms with Crippen LogP contribution in [0.5, 0.6) is 0 Å². The Bertz CT molecular complexity index is 677. The van der Waals surface area contributed by atoms with Gasteiger partial charge in [0, 0.05) is 31.8 Å². The van der Waals surface area contributed by atoms with E-state index >= 15 is 0 Å². The Labute approximate surface area is 168 Å². The molecule has 9 N–H and O–H groups in total. The van der Waals surface area contributed by atoms with Crippen LogP contribution >= 0.6 is 0 Å². The molecule has 11 heteroatoms. The molecule has 0 fully saturated rings. The summed E-state index contributed by atoms with van der Waals surface area (Å²) in [5, 5.41) is 39.0. The van der Waals surface area contributed by atoms with Crippen molar-refractivity contribution in [3.63, 3.8) is 0 Å². The van der Waals surface area contributed by atoms with E-state index in [0.29, 0.717) is 37.1 Å². The largest absolute Gasteiger partial charge is 0.548 e. The summed E-state index contributed by atoms with van der Waals surface area (Å²) in [6.07, 6.45) is 3.18. The fraction of sp³-hybridized carbons (Fsp3) is 0.611. The van der Waals surface area contributed by atoms with Gasteiger partial charge in [0.2, 0.25) is 0 Å². The molecule has 0 bridgehead atoms. The highest BCUT2D eigenvalue weighted by molar-refractivity contribution is 5.74. The number of rotatable bonds is 13. The average molecular weight is 413 g/mol. The molecule has 3 atom stereocenters. The van der Waals surface area contributed by atoms with Gasteiger partial charge in [-0.15, -0.1) is 0 Å². The quantitative estimate of drug-likeness (QED) is 0.186. The molecule has 1 aliphatic heterocycles. The van der Waals surface area contributed by atoms with Gasteiger partial charge in [-0.1, -0.05) is 0 Å². The van der Waals surface area contributed by atoms with Crippen LogP contribution in [-0.4, -0.2) is 69.3 Å². The second-order valence-electron chi connectivity index (χ2n) is 7.12. The van der Waals surface area contributed by atoms with Gasteiger partial charge >= 0.3 is 11.9 Å². The number of carboxylic acid groups (broad SMARTS) is 3. The van der Waals surface area contributed by atoms with Crippen LogP contribution < -0.4 is 22.3 Å². The molecule has 0 radical (unpaired) electrons. The first-order chi connectivity index (χ1) is 13.5. The van der Waals surface area contributed by atoms with Gasteiger partial charge in [-0.2, -0.15) is 0 Å². The second-order valence-corrected chi connectivity index (χ2v) is 7.12. The molecule has 0 amide bonds. The zero-order valence-electron chi connectivity index (χ0n) is 16.1. The third kappa shape index (κ3) is 8.10. The monoisotopic (exact) mass is 413 g/mol. The topological polar surface area (TPSA) is 216 Å². The van der Waals surface area contributed by atoms with E-state index < -0.39 is 36.0 Å². The van der Waals surface area contributed by atoms with Crippen molar-refractivity contribution in [1.82, 2.24) is 4.90 Å². The summed E-state index contributed by atoms with van der Waals surface area (Å²) in [6.45, 7) is 0.848. The highest BCUT2D eigenvalue weighted by Gasteiger charge is 2.25. The molecule has 164 valence electrons. The number of hydrogen-bond acceptors (Lipinski definition) is 9. The van der Waals surface area contributed by atoms with Gasteiger partial charge in [0.05, 0.1) is 5.97 Å². The number of nitrogens with two attached hydrogens (primary N) is 3. The minimum Gasteiger partial charge on any atom is -0.548 e. The SMILES string of the molecule is N[C@H](CCCCN1C=C(O)C(C[C@H](N)C(=O)O)=C(CC[C@H](N)C(=O)O)C1)C(=O)[O-]. The van der Waals surface area contributed by atoms with Crippen molar-refractivity contribution in [3.05, 3.63) is 23.1 Å². The highest BCUT2D eigenvalue weighted by atomic mass is 16.4. The van der Waals surface area contributed by atoms with Crippen molar-refractivity contribution in [2.24, 2.45) is 17.2 Å². The summed E-state index contributed by atoms with van der Waals surface area (Å²) in [6, 6.07) is -3.32. The number of aliphatic hydroxyl groups is 1. The lowest BCUT2D eigenvalue weighted by molar-refractivity contribution is -0.307. The molecule has 0 saturated carbocycles. The number of unbranched alkanes of at least 4 members (excludes halogenated alkanes) is 1. The number of carbonyl (C=O) groups excluding carboxylic acids is 1. The molecule has 0 aromatic heterocycles. The summed E-state index contributed by atoms with van der Waals surface area (Å²) < 4.78 is 0. The third-order valence-corrected chi connectivity index (χ3v) is 4.76. The number of carboxylic acids is 3. The smallest absolute Gasteiger partial charge is 0.320 e. The predicted octanol–water partition coefficient (Wildman–Crippen LogP) is -1.76. The summed E-state index contributed by atoms with van der Waals surface area (Å²) in [5.41, 5.74) is 17.6. The number of hydrogen-bond donors (Lipinski definition) is 6. The molecule has 0 spiro atoms. The van der Waals surface area contributed by atoms with Crippen molar-refractivity contribution in [1.29, 1.82) is 0 Å². The summed E-state index contributed by atoms with van der Waals surface area (Å²) in [7, 11) is 0. The van der Waals surface area contributed by atoms with Gasteiger partial charge in [-0.3, -0.25) is 9.59 Å². The number of aliphatic hydroxyl groups excluding tert-OH is 1. The van der Waals surface area contributed by atoms with Crippen LogP contribution in [0.4, 0.5) is 0 Å². The maximum Gasteiger partial charge on any atom is 0.320 e. The summed E-state index contributed by atoms with van der Waals surface area (Å²) in [5.74, 6) is -3.79. The highest BCUT2D eigenvalue weighted by Crippen LogP contribution is 2.28. The lowest BCUT2D eigenvalue weighted by atomic mass is 9.92. The molecule has 0 aromatic carbocycles. The Balaban J connectivity index is 2.80. The fourth-order valence-corrected chi connectivity index (χ4v) is 3.00. The van der Waals surface area contributed by atoms with Crippen molar-refractivity contribution < 1.29 is 34.8 Å². The Morgan fingerprint density at radius 3 is 2.21 bits per heavy atom. The first-order valence-corrected chi connectivity index (χ1v) is 9.32. The second kappa shape index (κ2) is 11.4. The van der Waals surface area contributed by atoms with Crippen molar-refractivity contribution in [3.8, 4) is 0 Å². The van der Waals surface area contributed by atoms with Crippen molar-refractivity contribution >= 4 is 17.9 Å². The van der Waals surface area contributed by atoms with Crippen molar-refractivity contribution in [2.75, 3.05) is 13.1 Å². The zero-order chi connectivity index (χ0) is 22.1. The van der Waals surface area contributed by atoms with Gasteiger partial charge in [-0.25, -0.2) is 0 Å². The van der Waals surface area contributed by atoms with E-state index in [0.717, 1.165) is 0 Å². The Morgan fingerprint density at radius 2 is 1.66 bits per heavy atom. The van der Waals surface area contributed by atoms with E-state index in [1.54, 1.807) is 4.90 Å². The van der Waals surface area contributed by atoms with E-state index in [9.17, 15) is 24.6 Å². The first kappa shape index (κ1) is 24.4. The van der Waals surface area contributed by atoms with Crippen LogP contribution in [0.25, 0.3) is 0 Å². The Kier molecular flexibility index (Phi) is 9.59. The van der Waals surface area contributed by atoms with Crippen LogP contribution in [0.3, 0.4) is 0 Å². The average Bonchev–Trinajstić information content (AvgIpc) is 2.64. The number of aliphatic carboxylic acids is 3. The lowest BCUT2D eigenvalue weighted by Crippen LogP contribution is -2.41. The standard InChI is InChI=1S/C18H30N4O7/c19-12(16(24)25)3-1-2-6-22-8-10(4-5-13(20)17(26)27)11(15(23)9-22)7-14(21)18(28)29/h9,12-14,23H,1-8,19-21H2,(H,24,25)(H,26,27)(H,28,29)/p-1/t12-,13+,14+/m1/s1. The molecule has 0 saturated heterocycles. The predicted molar refractivity (Wildman–Crippen MR) is 101 cm³/mol. The first-order valence-electron chi connectivity index (χ1n) is 9.32. The number of carbonyl (C=O) groups is 3. The van der Waals surface area contributed by atoms with E-state index in [-0.39, 0.29) is 31.4 Å². The lowest BCUT2D eigenvalue weighted by Gasteiger charge is -2.30. The van der Waals surface area contributed by atoms with Gasteiger partial charge in [0.15, 0.2) is 0 Å². The molecule has 1 rings (SSSR count). The molecule has 29 heavy (non-hydrogen) atoms. The minimum atomic E-state index is -1.31.